The van der Waals surface area contributed by atoms with Gasteiger partial charge in [0.25, 0.3) is 0 Å². The summed E-state index contributed by atoms with van der Waals surface area (Å²) in [7, 11) is 0. The Balaban J connectivity index is 1.91. The third-order valence-electron chi connectivity index (χ3n) is 5.28. The number of hydrogen-bond acceptors (Lipinski definition) is 2. The normalized spacial score (nSPS) is 24.7. The van der Waals surface area contributed by atoms with E-state index in [4.69, 9.17) is 5.73 Å². The number of carbonyl (C=O) groups is 1. The van der Waals surface area contributed by atoms with Gasteiger partial charge in [0.05, 0.1) is 0 Å². The van der Waals surface area contributed by atoms with E-state index in [2.05, 4.69) is 50.4 Å². The molecule has 0 heterocycles. The highest BCUT2D eigenvalue weighted by molar-refractivity contribution is 5.79. The van der Waals surface area contributed by atoms with E-state index in [0.29, 0.717) is 30.8 Å². The lowest BCUT2D eigenvalue weighted by atomic mass is 9.70. The molecule has 1 saturated carbocycles. The molecule has 0 bridgehead atoms. The van der Waals surface area contributed by atoms with Crippen LogP contribution in [0.3, 0.4) is 0 Å². The summed E-state index contributed by atoms with van der Waals surface area (Å²) in [4.78, 5) is 12.7. The van der Waals surface area contributed by atoms with Crippen LogP contribution in [0, 0.1) is 23.7 Å². The lowest BCUT2D eigenvalue weighted by molar-refractivity contribution is -0.129. The van der Waals surface area contributed by atoms with E-state index < -0.39 is 0 Å². The van der Waals surface area contributed by atoms with Crippen LogP contribution in [0.5, 0.6) is 0 Å². The minimum atomic E-state index is 0.176. The zero-order valence-electron chi connectivity index (χ0n) is 14.8. The fourth-order valence-electron chi connectivity index (χ4n) is 3.81. The summed E-state index contributed by atoms with van der Waals surface area (Å²) in [5.74, 6) is 2.18. The van der Waals surface area contributed by atoms with Crippen molar-refractivity contribution in [3.63, 3.8) is 0 Å². The maximum atomic E-state index is 12.7. The molecular formula is C20H32N2O. The number of amides is 1. The van der Waals surface area contributed by atoms with Crippen molar-refractivity contribution in [3.05, 3.63) is 35.4 Å². The quantitative estimate of drug-likeness (QED) is 0.844. The van der Waals surface area contributed by atoms with E-state index in [0.717, 1.165) is 18.4 Å². The first-order valence-corrected chi connectivity index (χ1v) is 9.06. The first-order chi connectivity index (χ1) is 11.0. The Morgan fingerprint density at radius 3 is 2.48 bits per heavy atom. The summed E-state index contributed by atoms with van der Waals surface area (Å²) in [6.07, 6.45) is 4.38. The molecule has 1 fully saturated rings. The molecule has 0 saturated heterocycles. The molecule has 0 unspecified atom stereocenters. The molecule has 0 radical (unpaired) electrons. The molecule has 1 aliphatic rings. The van der Waals surface area contributed by atoms with Crippen molar-refractivity contribution >= 4 is 5.91 Å². The summed E-state index contributed by atoms with van der Waals surface area (Å²) in [6, 6.07) is 8.39. The van der Waals surface area contributed by atoms with Crippen LogP contribution in [0.2, 0.25) is 0 Å². The van der Waals surface area contributed by atoms with Gasteiger partial charge in [0, 0.05) is 12.5 Å². The minimum absolute atomic E-state index is 0.176. The molecule has 3 nitrogen and oxygen atoms in total. The number of carbonyl (C=O) groups excluding carboxylic acids is 1. The Morgan fingerprint density at radius 2 is 1.87 bits per heavy atom. The van der Waals surface area contributed by atoms with Crippen molar-refractivity contribution in [3.8, 4) is 0 Å². The van der Waals surface area contributed by atoms with Gasteiger partial charge in [0.15, 0.2) is 0 Å². The van der Waals surface area contributed by atoms with Gasteiger partial charge in [0.2, 0.25) is 5.91 Å². The van der Waals surface area contributed by atoms with Crippen molar-refractivity contribution < 1.29 is 4.79 Å². The minimum Gasteiger partial charge on any atom is -0.352 e. The molecule has 0 spiro atoms. The highest BCUT2D eigenvalue weighted by atomic mass is 16.1. The summed E-state index contributed by atoms with van der Waals surface area (Å²) >= 11 is 0. The fourth-order valence-corrected chi connectivity index (χ4v) is 3.81. The summed E-state index contributed by atoms with van der Waals surface area (Å²) < 4.78 is 0. The molecule has 23 heavy (non-hydrogen) atoms. The number of rotatable bonds is 6. The van der Waals surface area contributed by atoms with Gasteiger partial charge < -0.3 is 11.1 Å². The van der Waals surface area contributed by atoms with Crippen LogP contribution in [0.4, 0.5) is 0 Å². The number of nitrogens with two attached hydrogens (primary N) is 1. The maximum Gasteiger partial charge on any atom is 0.223 e. The first kappa shape index (κ1) is 18.0. The maximum absolute atomic E-state index is 12.7. The molecule has 1 amide bonds. The number of nitrogens with one attached hydrogen (secondary N) is 1. The Kier molecular flexibility index (Phi) is 6.64. The summed E-state index contributed by atoms with van der Waals surface area (Å²) in [5.41, 5.74) is 7.98. The van der Waals surface area contributed by atoms with E-state index in [-0.39, 0.29) is 11.8 Å². The molecule has 1 aromatic rings. The van der Waals surface area contributed by atoms with Crippen molar-refractivity contribution in [2.45, 2.75) is 53.0 Å². The van der Waals surface area contributed by atoms with Crippen molar-refractivity contribution in [2.24, 2.45) is 29.4 Å². The lowest BCUT2D eigenvalue weighted by Crippen LogP contribution is -2.39. The molecule has 3 atom stereocenters. The molecule has 0 aromatic heterocycles. The Hall–Kier alpha value is -1.35. The smallest absolute Gasteiger partial charge is 0.223 e. The van der Waals surface area contributed by atoms with E-state index >= 15 is 0 Å². The molecule has 1 aromatic carbocycles. The number of hydrogen-bond donors (Lipinski definition) is 2. The lowest BCUT2D eigenvalue weighted by Gasteiger charge is -2.36. The van der Waals surface area contributed by atoms with Gasteiger partial charge in [0.1, 0.15) is 0 Å². The predicted octanol–water partition coefficient (Wildman–Crippen LogP) is 3.51. The van der Waals surface area contributed by atoms with Gasteiger partial charge in [-0.2, -0.15) is 0 Å². The third kappa shape index (κ3) is 5.07. The second-order valence-electron chi connectivity index (χ2n) is 7.51. The standard InChI is InChI=1S/C20H32N2O/c1-14(2)18-9-4-15(3)12-19(18)20(23)22-13-17-7-5-16(6-8-17)10-11-21/h5-8,14-15,18-19H,4,9-13,21H2,1-3H3,(H,22,23)/t15-,18+,19-/m1/s1. The highest BCUT2D eigenvalue weighted by Gasteiger charge is 2.35. The molecular weight excluding hydrogens is 284 g/mol. The van der Waals surface area contributed by atoms with E-state index in [1.807, 2.05) is 0 Å². The molecule has 128 valence electrons. The average Bonchev–Trinajstić information content (AvgIpc) is 2.54. The average molecular weight is 316 g/mol. The number of benzene rings is 1. The summed E-state index contributed by atoms with van der Waals surface area (Å²) in [6.45, 7) is 8.06. The second-order valence-corrected chi connectivity index (χ2v) is 7.51. The van der Waals surface area contributed by atoms with Crippen molar-refractivity contribution in [1.82, 2.24) is 5.32 Å². The molecule has 2 rings (SSSR count). The zero-order chi connectivity index (χ0) is 16.8. The van der Waals surface area contributed by atoms with Gasteiger partial charge in [-0.15, -0.1) is 0 Å². The van der Waals surface area contributed by atoms with E-state index in [1.54, 1.807) is 0 Å². The topological polar surface area (TPSA) is 55.1 Å². The molecule has 0 aliphatic heterocycles. The highest BCUT2D eigenvalue weighted by Crippen LogP contribution is 2.38. The summed E-state index contributed by atoms with van der Waals surface area (Å²) in [5, 5.41) is 3.16. The van der Waals surface area contributed by atoms with Gasteiger partial charge >= 0.3 is 0 Å². The van der Waals surface area contributed by atoms with Crippen LogP contribution in [-0.2, 0) is 17.8 Å². The molecule has 3 heteroatoms. The Labute approximate surface area is 141 Å². The second kappa shape index (κ2) is 8.49. The fraction of sp³-hybridized carbons (Fsp3) is 0.650. The SMILES string of the molecule is CC(C)[C@@H]1CC[C@@H](C)C[C@H]1C(=O)NCc1ccc(CCN)cc1. The predicted molar refractivity (Wildman–Crippen MR) is 95.9 cm³/mol. The third-order valence-corrected chi connectivity index (χ3v) is 5.28. The van der Waals surface area contributed by atoms with Crippen LogP contribution in [-0.4, -0.2) is 12.5 Å². The van der Waals surface area contributed by atoms with Gasteiger partial charge in [-0.3, -0.25) is 4.79 Å². The van der Waals surface area contributed by atoms with E-state index in [9.17, 15) is 4.79 Å². The van der Waals surface area contributed by atoms with Crippen LogP contribution in [0.15, 0.2) is 24.3 Å². The molecule has 3 N–H and O–H groups in total. The zero-order valence-corrected chi connectivity index (χ0v) is 14.8. The van der Waals surface area contributed by atoms with Gasteiger partial charge in [-0.1, -0.05) is 51.5 Å². The van der Waals surface area contributed by atoms with Gasteiger partial charge in [-0.25, -0.2) is 0 Å². The first-order valence-electron chi connectivity index (χ1n) is 9.06. The molecule has 1 aliphatic carbocycles. The van der Waals surface area contributed by atoms with Crippen LogP contribution in [0.1, 0.15) is 51.2 Å². The van der Waals surface area contributed by atoms with E-state index in [1.165, 1.54) is 18.4 Å². The Morgan fingerprint density at radius 1 is 1.22 bits per heavy atom. The van der Waals surface area contributed by atoms with Crippen molar-refractivity contribution in [1.29, 1.82) is 0 Å². The van der Waals surface area contributed by atoms with Crippen molar-refractivity contribution in [2.75, 3.05) is 6.54 Å². The Bertz CT molecular complexity index is 495. The van der Waals surface area contributed by atoms with Crippen LogP contribution >= 0.6 is 0 Å². The van der Waals surface area contributed by atoms with Gasteiger partial charge in [-0.05, 0) is 54.7 Å². The van der Waals surface area contributed by atoms with Crippen LogP contribution in [0.25, 0.3) is 0 Å². The monoisotopic (exact) mass is 316 g/mol. The van der Waals surface area contributed by atoms with Crippen LogP contribution < -0.4 is 11.1 Å². The largest absolute Gasteiger partial charge is 0.352 e.